The molecule has 0 spiro atoms. The average Bonchev–Trinajstić information content (AvgIpc) is 2.72. The van der Waals surface area contributed by atoms with Crippen LogP contribution in [0.15, 0.2) is 60.8 Å². The van der Waals surface area contributed by atoms with Gasteiger partial charge in [0.15, 0.2) is 0 Å². The Hall–Kier alpha value is -2.92. The van der Waals surface area contributed by atoms with Crippen molar-refractivity contribution in [3.05, 3.63) is 77.2 Å². The quantitative estimate of drug-likeness (QED) is 0.546. The van der Waals surface area contributed by atoms with Crippen LogP contribution in [0.1, 0.15) is 22.6 Å². The van der Waals surface area contributed by atoms with Crippen LogP contribution in [-0.4, -0.2) is 41.0 Å². The molecule has 1 heterocycles. The third kappa shape index (κ3) is 4.87. The maximum Gasteiger partial charge on any atom is 0.257 e. The van der Waals surface area contributed by atoms with Gasteiger partial charge in [0.2, 0.25) is 0 Å². The lowest BCUT2D eigenvalue weighted by molar-refractivity contribution is 0.0788. The van der Waals surface area contributed by atoms with Crippen LogP contribution in [0.5, 0.6) is 5.75 Å². The molecule has 1 aromatic heterocycles. The van der Waals surface area contributed by atoms with E-state index in [-0.39, 0.29) is 5.91 Å². The number of carbonyl (C=O) groups excluding carboxylic acids is 1. The van der Waals surface area contributed by atoms with Gasteiger partial charge in [-0.2, -0.15) is 0 Å². The van der Waals surface area contributed by atoms with E-state index < -0.39 is 0 Å². The first-order valence-electron chi connectivity index (χ1n) is 9.08. The number of amides is 1. The molecular formula is C22H22ClN3O2. The van der Waals surface area contributed by atoms with E-state index in [9.17, 15) is 4.79 Å². The molecule has 0 unspecified atom stereocenters. The topological polar surface area (TPSA) is 55.3 Å². The normalized spacial score (nSPS) is 10.5. The number of hydrogen-bond donors (Lipinski definition) is 0. The number of rotatable bonds is 7. The van der Waals surface area contributed by atoms with Crippen LogP contribution in [0.25, 0.3) is 11.3 Å². The lowest BCUT2D eigenvalue weighted by atomic mass is 10.1. The Bertz CT molecular complexity index is 948. The van der Waals surface area contributed by atoms with E-state index in [1.807, 2.05) is 55.5 Å². The largest absolute Gasteiger partial charge is 0.492 e. The number of hydrogen-bond acceptors (Lipinski definition) is 4. The van der Waals surface area contributed by atoms with Crippen LogP contribution < -0.4 is 4.74 Å². The van der Waals surface area contributed by atoms with Crippen LogP contribution in [0.3, 0.4) is 0 Å². The Balaban J connectivity index is 1.64. The molecule has 3 rings (SSSR count). The summed E-state index contributed by atoms with van der Waals surface area (Å²) < 4.78 is 5.69. The van der Waals surface area contributed by atoms with Gasteiger partial charge in [0.25, 0.3) is 5.91 Å². The second kappa shape index (κ2) is 9.33. The molecule has 0 fully saturated rings. The summed E-state index contributed by atoms with van der Waals surface area (Å²) in [4.78, 5) is 23.3. The van der Waals surface area contributed by atoms with Crippen molar-refractivity contribution in [1.82, 2.24) is 14.9 Å². The Morgan fingerprint density at radius 2 is 1.82 bits per heavy atom. The van der Waals surface area contributed by atoms with Gasteiger partial charge in [-0.25, -0.2) is 9.97 Å². The molecule has 0 aliphatic heterocycles. The number of nitrogens with zero attached hydrogens (tertiary/aromatic N) is 3. The molecule has 144 valence electrons. The molecule has 0 saturated heterocycles. The number of ether oxygens (including phenoxy) is 1. The molecule has 28 heavy (non-hydrogen) atoms. The van der Waals surface area contributed by atoms with Gasteiger partial charge in [0, 0.05) is 25.4 Å². The number of aryl methyl sites for hydroxylation is 1. The lowest BCUT2D eigenvalue weighted by Gasteiger charge is -2.19. The molecule has 5 nitrogen and oxygen atoms in total. The number of aromatic nitrogens is 2. The minimum absolute atomic E-state index is 0.114. The summed E-state index contributed by atoms with van der Waals surface area (Å²) in [5.74, 6) is 1.17. The van der Waals surface area contributed by atoms with Crippen molar-refractivity contribution in [2.75, 3.05) is 20.2 Å². The van der Waals surface area contributed by atoms with Crippen molar-refractivity contribution in [3.8, 4) is 17.0 Å². The van der Waals surface area contributed by atoms with Crippen molar-refractivity contribution < 1.29 is 9.53 Å². The van der Waals surface area contributed by atoms with Crippen molar-refractivity contribution in [1.29, 1.82) is 0 Å². The zero-order valence-electron chi connectivity index (χ0n) is 15.9. The molecule has 0 radical (unpaired) electrons. The minimum atomic E-state index is -0.114. The fourth-order valence-electron chi connectivity index (χ4n) is 2.80. The fourth-order valence-corrected chi connectivity index (χ4v) is 2.99. The predicted molar refractivity (Wildman–Crippen MR) is 111 cm³/mol. The van der Waals surface area contributed by atoms with E-state index in [0.717, 1.165) is 5.56 Å². The molecule has 6 heteroatoms. The molecule has 0 aliphatic carbocycles. The summed E-state index contributed by atoms with van der Waals surface area (Å²) >= 11 is 6.08. The molecule has 0 aliphatic rings. The number of carbonyl (C=O) groups is 1. The van der Waals surface area contributed by atoms with Gasteiger partial charge >= 0.3 is 0 Å². The Morgan fingerprint density at radius 3 is 2.57 bits per heavy atom. The monoisotopic (exact) mass is 395 g/mol. The lowest BCUT2D eigenvalue weighted by Crippen LogP contribution is -2.29. The van der Waals surface area contributed by atoms with E-state index in [1.165, 1.54) is 0 Å². The smallest absolute Gasteiger partial charge is 0.257 e. The van der Waals surface area contributed by atoms with E-state index >= 15 is 0 Å². The highest BCUT2D eigenvalue weighted by Crippen LogP contribution is 2.24. The van der Waals surface area contributed by atoms with Crippen LogP contribution in [0.4, 0.5) is 0 Å². The zero-order valence-corrected chi connectivity index (χ0v) is 16.7. The summed E-state index contributed by atoms with van der Waals surface area (Å²) in [6, 6.07) is 17.0. The number of benzene rings is 2. The molecule has 1 amide bonds. The first-order valence-corrected chi connectivity index (χ1v) is 9.46. The van der Waals surface area contributed by atoms with Crippen LogP contribution in [0.2, 0.25) is 5.02 Å². The van der Waals surface area contributed by atoms with Crippen molar-refractivity contribution in [2.24, 2.45) is 0 Å². The highest BCUT2D eigenvalue weighted by atomic mass is 35.5. The summed E-state index contributed by atoms with van der Waals surface area (Å²) in [5.41, 5.74) is 2.04. The van der Waals surface area contributed by atoms with Gasteiger partial charge < -0.3 is 9.64 Å². The molecule has 2 aromatic carbocycles. The van der Waals surface area contributed by atoms with Crippen molar-refractivity contribution in [3.63, 3.8) is 0 Å². The Labute approximate surface area is 170 Å². The number of halogens is 1. The standard InChI is InChI=1S/C22H22ClN3O2/c1-16-24-15-18(21(25-16)17-9-4-3-5-10-17)22(27)26(2)13-8-14-28-20-12-7-6-11-19(20)23/h3-7,9-12,15H,8,13-14H2,1-2H3. The maximum absolute atomic E-state index is 13.0. The molecule has 0 N–H and O–H groups in total. The minimum Gasteiger partial charge on any atom is -0.492 e. The summed E-state index contributed by atoms with van der Waals surface area (Å²) in [5, 5.41) is 0.580. The van der Waals surface area contributed by atoms with Gasteiger partial charge in [-0.3, -0.25) is 4.79 Å². The Kier molecular flexibility index (Phi) is 6.61. The van der Waals surface area contributed by atoms with E-state index in [2.05, 4.69) is 9.97 Å². The summed E-state index contributed by atoms with van der Waals surface area (Å²) in [6.07, 6.45) is 2.28. The van der Waals surface area contributed by atoms with Gasteiger partial charge in [-0.1, -0.05) is 54.1 Å². The first kappa shape index (κ1) is 19.8. The van der Waals surface area contributed by atoms with Gasteiger partial charge in [0.1, 0.15) is 11.6 Å². The predicted octanol–water partition coefficient (Wildman–Crippen LogP) is 4.65. The van der Waals surface area contributed by atoms with E-state index in [1.54, 1.807) is 24.2 Å². The third-order valence-corrected chi connectivity index (χ3v) is 4.58. The van der Waals surface area contributed by atoms with E-state index in [0.29, 0.717) is 47.4 Å². The van der Waals surface area contributed by atoms with Gasteiger partial charge in [-0.05, 0) is 25.5 Å². The van der Waals surface area contributed by atoms with Crippen LogP contribution >= 0.6 is 11.6 Å². The SMILES string of the molecule is Cc1ncc(C(=O)N(C)CCCOc2ccccc2Cl)c(-c2ccccc2)n1. The van der Waals surface area contributed by atoms with Crippen molar-refractivity contribution in [2.45, 2.75) is 13.3 Å². The van der Waals surface area contributed by atoms with Crippen LogP contribution in [0, 0.1) is 6.92 Å². The molecular weight excluding hydrogens is 374 g/mol. The van der Waals surface area contributed by atoms with Gasteiger partial charge in [-0.15, -0.1) is 0 Å². The zero-order chi connectivity index (χ0) is 19.9. The highest BCUT2D eigenvalue weighted by molar-refractivity contribution is 6.32. The first-order chi connectivity index (χ1) is 13.6. The Morgan fingerprint density at radius 1 is 1.11 bits per heavy atom. The number of para-hydroxylation sites is 1. The summed E-state index contributed by atoms with van der Waals surface area (Å²) in [7, 11) is 1.77. The van der Waals surface area contributed by atoms with Crippen LogP contribution in [-0.2, 0) is 0 Å². The average molecular weight is 396 g/mol. The fraction of sp³-hybridized carbons (Fsp3) is 0.227. The molecule has 3 aromatic rings. The third-order valence-electron chi connectivity index (χ3n) is 4.27. The summed E-state index contributed by atoms with van der Waals surface area (Å²) in [6.45, 7) is 2.83. The maximum atomic E-state index is 13.0. The second-order valence-corrected chi connectivity index (χ2v) is 6.81. The highest BCUT2D eigenvalue weighted by Gasteiger charge is 2.19. The molecule has 0 atom stereocenters. The molecule has 0 bridgehead atoms. The van der Waals surface area contributed by atoms with Crippen molar-refractivity contribution >= 4 is 17.5 Å². The van der Waals surface area contributed by atoms with E-state index in [4.69, 9.17) is 16.3 Å². The second-order valence-electron chi connectivity index (χ2n) is 6.40. The van der Waals surface area contributed by atoms with Gasteiger partial charge in [0.05, 0.1) is 22.9 Å². The molecule has 0 saturated carbocycles.